The topological polar surface area (TPSA) is 78.3 Å². The van der Waals surface area contributed by atoms with Gasteiger partial charge in [0.25, 0.3) is 5.56 Å². The highest BCUT2D eigenvalue weighted by Gasteiger charge is 2.31. The molecule has 0 aliphatic rings. The van der Waals surface area contributed by atoms with E-state index in [1.54, 1.807) is 0 Å². The van der Waals surface area contributed by atoms with Gasteiger partial charge in [-0.15, -0.1) is 0 Å². The van der Waals surface area contributed by atoms with Gasteiger partial charge in [0.15, 0.2) is 5.15 Å². The Morgan fingerprint density at radius 2 is 1.50 bits per heavy atom. The van der Waals surface area contributed by atoms with Gasteiger partial charge in [-0.25, -0.2) is 17.9 Å². The zero-order valence-corrected chi connectivity index (χ0v) is 15.0. The van der Waals surface area contributed by atoms with Crippen molar-refractivity contribution < 1.29 is 34.6 Å². The molecule has 13 heteroatoms. The quantitative estimate of drug-likeness (QED) is 0.271. The molecule has 0 radical (unpaired) electrons. The number of fused-ring (bicyclic) bond motifs is 1. The number of rotatable bonds is 3. The normalized spacial score (nSPS) is 11.8. The van der Waals surface area contributed by atoms with Crippen LogP contribution >= 0.6 is 11.6 Å². The van der Waals surface area contributed by atoms with Crippen molar-refractivity contribution in [1.82, 2.24) is 9.78 Å². The zero-order chi connectivity index (χ0) is 21.0. The van der Waals surface area contributed by atoms with Crippen LogP contribution in [-0.2, 0) is 17.2 Å². The van der Waals surface area contributed by atoms with Gasteiger partial charge in [-0.1, -0.05) is 11.6 Å². The molecule has 0 saturated carbocycles. The van der Waals surface area contributed by atoms with E-state index >= 15 is 0 Å². The Hall–Kier alpha value is -2.73. The van der Waals surface area contributed by atoms with E-state index in [0.29, 0.717) is 0 Å². The fourth-order valence-corrected chi connectivity index (χ4v) is 3.49. The predicted molar refractivity (Wildman–Crippen MR) is 86.0 cm³/mol. The number of hydrogen-bond acceptors (Lipinski definition) is 5. The summed E-state index contributed by atoms with van der Waals surface area (Å²) in [5.41, 5.74) is -0.757. The second-order valence-corrected chi connectivity index (χ2v) is 7.27. The van der Waals surface area contributed by atoms with Crippen molar-refractivity contribution in [1.29, 1.82) is 0 Å². The van der Waals surface area contributed by atoms with Crippen molar-refractivity contribution in [2.75, 3.05) is 0 Å². The van der Waals surface area contributed by atoms with Crippen molar-refractivity contribution >= 4 is 32.5 Å². The fraction of sp³-hybridized carbons (Fsp3) is 0.0667. The van der Waals surface area contributed by atoms with Crippen LogP contribution in [0, 0.1) is 29.1 Å². The summed E-state index contributed by atoms with van der Waals surface area (Å²) in [4.78, 5) is 11.3. The van der Waals surface area contributed by atoms with Gasteiger partial charge in [-0.2, -0.15) is 22.3 Å². The first-order chi connectivity index (χ1) is 13.0. The second-order valence-electron chi connectivity index (χ2n) is 5.36. The van der Waals surface area contributed by atoms with E-state index < -0.39 is 55.4 Å². The third-order valence-corrected chi connectivity index (χ3v) is 5.12. The van der Waals surface area contributed by atoms with E-state index in [-0.39, 0.29) is 15.9 Å². The summed E-state index contributed by atoms with van der Waals surface area (Å²) in [7, 11) is -3.85. The van der Waals surface area contributed by atoms with Gasteiger partial charge in [0, 0.05) is 12.4 Å². The summed E-state index contributed by atoms with van der Waals surface area (Å²) >= 11 is 5.85. The van der Waals surface area contributed by atoms with Crippen LogP contribution < -0.4 is 9.74 Å². The molecule has 3 rings (SSSR count). The monoisotopic (exact) mass is 440 g/mol. The van der Waals surface area contributed by atoms with E-state index in [1.165, 1.54) is 7.05 Å². The molecule has 28 heavy (non-hydrogen) atoms. The van der Waals surface area contributed by atoms with Crippen LogP contribution in [0.5, 0.6) is 5.75 Å². The van der Waals surface area contributed by atoms with Crippen molar-refractivity contribution in [3.05, 3.63) is 62.8 Å². The number of benzene rings is 2. The largest absolute Gasteiger partial charge is 0.372 e. The van der Waals surface area contributed by atoms with Crippen molar-refractivity contribution in [2.24, 2.45) is 7.05 Å². The van der Waals surface area contributed by atoms with Crippen molar-refractivity contribution in [3.63, 3.8) is 0 Å². The standard InChI is InChI=1S/C15H6ClF5N2O4S/c1-23-15(24)7-4-5(2-3-6(7)14(16)22-23)28(25,26)27-13-11(20)9(18)8(17)10(19)12(13)21/h2-4H,1H3. The van der Waals surface area contributed by atoms with Crippen LogP contribution in [0.3, 0.4) is 0 Å². The minimum absolute atomic E-state index is 0.0694. The number of aryl methyl sites for hydroxylation is 1. The number of halogens is 6. The molecule has 0 atom stereocenters. The predicted octanol–water partition coefficient (Wildman–Crippen LogP) is 3.05. The second kappa shape index (κ2) is 6.71. The first-order valence-electron chi connectivity index (χ1n) is 7.08. The zero-order valence-electron chi connectivity index (χ0n) is 13.4. The Morgan fingerprint density at radius 3 is 2.07 bits per heavy atom. The Morgan fingerprint density at radius 1 is 0.964 bits per heavy atom. The molecule has 0 aliphatic carbocycles. The van der Waals surface area contributed by atoms with E-state index in [1.807, 2.05) is 0 Å². The highest BCUT2D eigenvalue weighted by atomic mass is 35.5. The Labute approximate surface area is 157 Å². The lowest BCUT2D eigenvalue weighted by Crippen LogP contribution is -2.20. The van der Waals surface area contributed by atoms with E-state index in [4.69, 9.17) is 11.6 Å². The van der Waals surface area contributed by atoms with Gasteiger partial charge in [-0.05, 0) is 18.2 Å². The van der Waals surface area contributed by atoms with Crippen LogP contribution in [0.25, 0.3) is 10.8 Å². The molecular formula is C15H6ClF5N2O4S. The maximum absolute atomic E-state index is 13.7. The lowest BCUT2D eigenvalue weighted by Gasteiger charge is -2.11. The summed E-state index contributed by atoms with van der Waals surface area (Å²) < 4.78 is 96.4. The van der Waals surface area contributed by atoms with Gasteiger partial charge in [0.1, 0.15) is 4.90 Å². The Balaban J connectivity index is 2.18. The van der Waals surface area contributed by atoms with Crippen LogP contribution in [0.1, 0.15) is 0 Å². The summed E-state index contributed by atoms with van der Waals surface area (Å²) in [6, 6.07) is 2.70. The summed E-state index contributed by atoms with van der Waals surface area (Å²) in [6.07, 6.45) is 0. The van der Waals surface area contributed by atoms with E-state index in [0.717, 1.165) is 22.9 Å². The molecule has 0 spiro atoms. The van der Waals surface area contributed by atoms with Gasteiger partial charge < -0.3 is 4.18 Å². The highest BCUT2D eigenvalue weighted by Crippen LogP contribution is 2.32. The van der Waals surface area contributed by atoms with Crippen molar-refractivity contribution in [2.45, 2.75) is 4.90 Å². The average Bonchev–Trinajstić information content (AvgIpc) is 2.66. The minimum atomic E-state index is -5.09. The van der Waals surface area contributed by atoms with Crippen LogP contribution in [0.4, 0.5) is 22.0 Å². The Bertz CT molecular complexity index is 1280. The van der Waals surface area contributed by atoms with Crippen LogP contribution in [-0.4, -0.2) is 18.2 Å². The minimum Gasteiger partial charge on any atom is -0.372 e. The molecule has 1 aromatic heterocycles. The molecule has 0 unspecified atom stereocenters. The molecule has 148 valence electrons. The molecular weight excluding hydrogens is 435 g/mol. The van der Waals surface area contributed by atoms with E-state index in [2.05, 4.69) is 9.28 Å². The molecule has 0 amide bonds. The van der Waals surface area contributed by atoms with Gasteiger partial charge >= 0.3 is 10.1 Å². The maximum Gasteiger partial charge on any atom is 0.339 e. The van der Waals surface area contributed by atoms with Gasteiger partial charge in [-0.3, -0.25) is 4.79 Å². The van der Waals surface area contributed by atoms with Crippen LogP contribution in [0.15, 0.2) is 27.9 Å². The summed E-state index contributed by atoms with van der Waals surface area (Å²) in [5, 5.41) is 3.38. The highest BCUT2D eigenvalue weighted by molar-refractivity contribution is 7.87. The number of aromatic nitrogens is 2. The summed E-state index contributed by atoms with van der Waals surface area (Å²) in [6.45, 7) is 0. The molecule has 0 bridgehead atoms. The smallest absolute Gasteiger partial charge is 0.339 e. The molecule has 1 heterocycles. The van der Waals surface area contributed by atoms with Crippen LogP contribution in [0.2, 0.25) is 5.15 Å². The third kappa shape index (κ3) is 3.07. The first kappa shape index (κ1) is 20.0. The summed E-state index contributed by atoms with van der Waals surface area (Å²) in [5.74, 6) is -14.2. The van der Waals surface area contributed by atoms with Gasteiger partial charge in [0.05, 0.1) is 5.39 Å². The Kier molecular flexibility index (Phi) is 4.79. The fourth-order valence-electron chi connectivity index (χ4n) is 2.26. The van der Waals surface area contributed by atoms with Crippen molar-refractivity contribution in [3.8, 4) is 5.75 Å². The molecule has 6 nitrogen and oxygen atoms in total. The molecule has 0 saturated heterocycles. The maximum atomic E-state index is 13.7. The molecule has 3 aromatic rings. The lowest BCUT2D eigenvalue weighted by molar-refractivity contribution is 0.346. The first-order valence-corrected chi connectivity index (χ1v) is 8.86. The molecule has 2 aromatic carbocycles. The average molecular weight is 441 g/mol. The number of hydrogen-bond donors (Lipinski definition) is 0. The van der Waals surface area contributed by atoms with E-state index in [9.17, 15) is 35.2 Å². The third-order valence-electron chi connectivity index (χ3n) is 3.63. The molecule has 0 aliphatic heterocycles. The molecule has 0 N–H and O–H groups in total. The van der Waals surface area contributed by atoms with Gasteiger partial charge in [0.2, 0.25) is 34.8 Å². The SMILES string of the molecule is Cn1nc(Cl)c2ccc(S(=O)(=O)Oc3c(F)c(F)c(F)c(F)c3F)cc2c1=O. The lowest BCUT2D eigenvalue weighted by atomic mass is 10.2. The molecule has 0 fully saturated rings. The number of nitrogens with zero attached hydrogens (tertiary/aromatic N) is 2.